The van der Waals surface area contributed by atoms with Crippen LogP contribution in [0.5, 0.6) is 0 Å². The van der Waals surface area contributed by atoms with E-state index in [2.05, 4.69) is 11.8 Å². The van der Waals surface area contributed by atoms with Crippen LogP contribution < -0.4 is 4.90 Å². The lowest BCUT2D eigenvalue weighted by Gasteiger charge is -2.42. The molecule has 0 saturated carbocycles. The highest BCUT2D eigenvalue weighted by molar-refractivity contribution is 5.92. The lowest BCUT2D eigenvalue weighted by atomic mass is 9.91. The number of rotatable bonds is 6. The maximum Gasteiger partial charge on any atom is 0.224 e. The van der Waals surface area contributed by atoms with Crippen LogP contribution in [0, 0.1) is 5.92 Å². The number of likely N-dealkylation sites (tertiary alicyclic amines) is 1. The van der Waals surface area contributed by atoms with Crippen LogP contribution >= 0.6 is 12.4 Å². The second kappa shape index (κ2) is 9.91. The van der Waals surface area contributed by atoms with Gasteiger partial charge in [0, 0.05) is 44.9 Å². The van der Waals surface area contributed by atoms with Crippen molar-refractivity contribution in [1.82, 2.24) is 4.90 Å². The van der Waals surface area contributed by atoms with E-state index in [1.807, 2.05) is 42.2 Å². The third kappa shape index (κ3) is 5.48. The summed E-state index contributed by atoms with van der Waals surface area (Å²) in [4.78, 5) is 16.6. The highest BCUT2D eigenvalue weighted by atomic mass is 35.5. The number of ether oxygens (including phenoxy) is 1. The molecule has 0 bridgehead atoms. The maximum atomic E-state index is 12.2. The molecule has 1 aromatic rings. The molecule has 1 aliphatic heterocycles. The van der Waals surface area contributed by atoms with Crippen molar-refractivity contribution in [2.75, 3.05) is 37.7 Å². The number of nitrogens with zero attached hydrogens (tertiary/aromatic N) is 2. The van der Waals surface area contributed by atoms with Gasteiger partial charge in [0.2, 0.25) is 5.91 Å². The summed E-state index contributed by atoms with van der Waals surface area (Å²) in [5, 5.41) is 0. The van der Waals surface area contributed by atoms with Crippen LogP contribution in [0.1, 0.15) is 27.2 Å². The van der Waals surface area contributed by atoms with Crippen molar-refractivity contribution in [3.8, 4) is 0 Å². The molecule has 1 aliphatic rings. The SMILES string of the molecule is CCOCCN1CCC(N(C(C)=O)c2ccccc2)C(C)C1.Cl. The van der Waals surface area contributed by atoms with Gasteiger partial charge in [-0.25, -0.2) is 0 Å². The summed E-state index contributed by atoms with van der Waals surface area (Å²) in [6.07, 6.45) is 1.02. The van der Waals surface area contributed by atoms with Crippen LogP contribution in [-0.4, -0.2) is 49.7 Å². The highest BCUT2D eigenvalue weighted by Gasteiger charge is 2.32. The molecule has 0 aromatic heterocycles. The topological polar surface area (TPSA) is 32.8 Å². The Morgan fingerprint density at radius 1 is 1.35 bits per heavy atom. The first-order chi connectivity index (χ1) is 10.6. The van der Waals surface area contributed by atoms with Crippen molar-refractivity contribution < 1.29 is 9.53 Å². The number of halogens is 1. The van der Waals surface area contributed by atoms with Crippen molar-refractivity contribution in [2.24, 2.45) is 5.92 Å². The molecule has 1 aromatic carbocycles. The zero-order valence-corrected chi connectivity index (χ0v) is 15.2. The van der Waals surface area contributed by atoms with E-state index >= 15 is 0 Å². The summed E-state index contributed by atoms with van der Waals surface area (Å²) < 4.78 is 5.45. The number of benzene rings is 1. The normalized spacial score (nSPS) is 21.5. The fraction of sp³-hybridized carbons (Fsp3) is 0.611. The number of amides is 1. The van der Waals surface area contributed by atoms with Gasteiger partial charge in [-0.15, -0.1) is 12.4 Å². The number of hydrogen-bond acceptors (Lipinski definition) is 3. The Hall–Kier alpha value is -1.10. The van der Waals surface area contributed by atoms with Crippen LogP contribution in [-0.2, 0) is 9.53 Å². The Kier molecular flexibility index (Phi) is 8.59. The monoisotopic (exact) mass is 340 g/mol. The molecule has 5 heteroatoms. The zero-order chi connectivity index (χ0) is 15.9. The first-order valence-corrected chi connectivity index (χ1v) is 8.28. The molecule has 0 aliphatic carbocycles. The Labute approximate surface area is 146 Å². The average Bonchev–Trinajstić information content (AvgIpc) is 2.51. The fourth-order valence-corrected chi connectivity index (χ4v) is 3.34. The summed E-state index contributed by atoms with van der Waals surface area (Å²) in [6, 6.07) is 10.3. The minimum atomic E-state index is 0. The molecule has 0 N–H and O–H groups in total. The molecular weight excluding hydrogens is 312 g/mol. The molecule has 0 radical (unpaired) electrons. The first-order valence-electron chi connectivity index (χ1n) is 8.28. The predicted molar refractivity (Wildman–Crippen MR) is 97.4 cm³/mol. The van der Waals surface area contributed by atoms with Gasteiger partial charge in [-0.3, -0.25) is 4.79 Å². The van der Waals surface area contributed by atoms with E-state index in [0.717, 1.165) is 45.0 Å². The number of para-hydroxylation sites is 1. The van der Waals surface area contributed by atoms with Crippen LogP contribution in [0.4, 0.5) is 5.69 Å². The third-order valence-electron chi connectivity index (χ3n) is 4.41. The summed E-state index contributed by atoms with van der Waals surface area (Å²) in [5.41, 5.74) is 1.01. The van der Waals surface area contributed by atoms with Gasteiger partial charge in [-0.2, -0.15) is 0 Å². The molecule has 23 heavy (non-hydrogen) atoms. The number of carbonyl (C=O) groups is 1. The molecule has 130 valence electrons. The number of carbonyl (C=O) groups excluding carboxylic acids is 1. The van der Waals surface area contributed by atoms with Crippen LogP contribution in [0.15, 0.2) is 30.3 Å². The Bertz CT molecular complexity index is 469. The molecule has 0 spiro atoms. The van der Waals surface area contributed by atoms with Gasteiger partial charge in [0.05, 0.1) is 6.61 Å². The number of hydrogen-bond donors (Lipinski definition) is 0. The van der Waals surface area contributed by atoms with Gasteiger partial charge < -0.3 is 14.5 Å². The van der Waals surface area contributed by atoms with E-state index in [0.29, 0.717) is 5.92 Å². The molecule has 2 rings (SSSR count). The Morgan fingerprint density at radius 2 is 2.04 bits per heavy atom. The minimum absolute atomic E-state index is 0. The van der Waals surface area contributed by atoms with Crippen LogP contribution in [0.25, 0.3) is 0 Å². The summed E-state index contributed by atoms with van der Waals surface area (Å²) >= 11 is 0. The van der Waals surface area contributed by atoms with Crippen LogP contribution in [0.3, 0.4) is 0 Å². The molecule has 2 atom stereocenters. The lowest BCUT2D eigenvalue weighted by molar-refractivity contribution is -0.117. The quantitative estimate of drug-likeness (QED) is 0.745. The predicted octanol–water partition coefficient (Wildman–Crippen LogP) is 3.21. The standard InChI is InChI=1S/C18H28N2O2.ClH/c1-4-22-13-12-19-11-10-18(15(2)14-19)20(16(3)21)17-8-6-5-7-9-17;/h5-9,15,18H,4,10-14H2,1-3H3;1H. The van der Waals surface area contributed by atoms with Crippen LogP contribution in [0.2, 0.25) is 0 Å². The van der Waals surface area contributed by atoms with Crippen molar-refractivity contribution in [3.63, 3.8) is 0 Å². The number of anilines is 1. The van der Waals surface area contributed by atoms with E-state index in [9.17, 15) is 4.79 Å². The summed E-state index contributed by atoms with van der Waals surface area (Å²) in [6.45, 7) is 10.5. The molecule has 2 unspecified atom stereocenters. The molecular formula is C18H29ClN2O2. The van der Waals surface area contributed by atoms with E-state index in [-0.39, 0.29) is 24.4 Å². The van der Waals surface area contributed by atoms with Crippen molar-refractivity contribution in [1.29, 1.82) is 0 Å². The van der Waals surface area contributed by atoms with Gasteiger partial charge >= 0.3 is 0 Å². The average molecular weight is 341 g/mol. The maximum absolute atomic E-state index is 12.2. The smallest absolute Gasteiger partial charge is 0.224 e. The van der Waals surface area contributed by atoms with Crippen molar-refractivity contribution >= 4 is 24.0 Å². The molecule has 1 saturated heterocycles. The van der Waals surface area contributed by atoms with E-state index in [4.69, 9.17) is 4.74 Å². The molecule has 4 nitrogen and oxygen atoms in total. The van der Waals surface area contributed by atoms with Gasteiger partial charge in [-0.1, -0.05) is 25.1 Å². The second-order valence-electron chi connectivity index (χ2n) is 6.06. The van der Waals surface area contributed by atoms with E-state index < -0.39 is 0 Å². The largest absolute Gasteiger partial charge is 0.380 e. The highest BCUT2D eigenvalue weighted by Crippen LogP contribution is 2.27. The molecule has 1 fully saturated rings. The van der Waals surface area contributed by atoms with Gasteiger partial charge in [-0.05, 0) is 31.4 Å². The van der Waals surface area contributed by atoms with Gasteiger partial charge in [0.25, 0.3) is 0 Å². The second-order valence-corrected chi connectivity index (χ2v) is 6.06. The van der Waals surface area contributed by atoms with Crippen molar-refractivity contribution in [3.05, 3.63) is 30.3 Å². The summed E-state index contributed by atoms with van der Waals surface area (Å²) in [7, 11) is 0. The van der Waals surface area contributed by atoms with Gasteiger partial charge in [0.1, 0.15) is 0 Å². The zero-order valence-electron chi connectivity index (χ0n) is 14.4. The number of piperidine rings is 1. The third-order valence-corrected chi connectivity index (χ3v) is 4.41. The van der Waals surface area contributed by atoms with Gasteiger partial charge in [0.15, 0.2) is 0 Å². The molecule has 1 heterocycles. The summed E-state index contributed by atoms with van der Waals surface area (Å²) in [5.74, 6) is 0.588. The van der Waals surface area contributed by atoms with E-state index in [1.54, 1.807) is 6.92 Å². The minimum Gasteiger partial charge on any atom is -0.380 e. The van der Waals surface area contributed by atoms with Crippen molar-refractivity contribution in [2.45, 2.75) is 33.2 Å². The Morgan fingerprint density at radius 3 is 2.61 bits per heavy atom. The fourth-order valence-electron chi connectivity index (χ4n) is 3.34. The first kappa shape index (κ1) is 19.9. The lowest BCUT2D eigenvalue weighted by Crippen LogP contribution is -2.52. The Balaban J connectivity index is 0.00000264. The van der Waals surface area contributed by atoms with E-state index in [1.165, 1.54) is 0 Å². The molecule has 1 amide bonds.